The molecule has 3 heteroatoms. The SMILES string of the molecule is CC(C)(C)c1cccc(Oc2cccc(C(C)(C)C)c2Cc2ccc(Cl)cc2)c1Cc1ccc(Cl)cc1. The first-order valence-corrected chi connectivity index (χ1v) is 13.6. The van der Waals surface area contributed by atoms with Gasteiger partial charge in [-0.25, -0.2) is 0 Å². The van der Waals surface area contributed by atoms with Crippen LogP contribution in [0.25, 0.3) is 0 Å². The first-order chi connectivity index (χ1) is 17.4. The quantitative estimate of drug-likeness (QED) is 0.240. The molecule has 0 aliphatic carbocycles. The van der Waals surface area contributed by atoms with Crippen molar-refractivity contribution < 1.29 is 4.74 Å². The fourth-order valence-electron chi connectivity index (χ4n) is 4.82. The zero-order chi connectivity index (χ0) is 26.8. The monoisotopic (exact) mass is 530 g/mol. The van der Waals surface area contributed by atoms with Crippen LogP contribution in [0.4, 0.5) is 0 Å². The lowest BCUT2D eigenvalue weighted by molar-refractivity contribution is 0.462. The van der Waals surface area contributed by atoms with E-state index >= 15 is 0 Å². The van der Waals surface area contributed by atoms with Gasteiger partial charge in [0.25, 0.3) is 0 Å². The molecule has 0 amide bonds. The Morgan fingerprint density at radius 3 is 1.19 bits per heavy atom. The second kappa shape index (κ2) is 10.9. The third-order valence-corrected chi connectivity index (χ3v) is 7.19. The Hall–Kier alpha value is -2.74. The molecule has 37 heavy (non-hydrogen) atoms. The van der Waals surface area contributed by atoms with Crippen LogP contribution in [-0.4, -0.2) is 0 Å². The van der Waals surface area contributed by atoms with Gasteiger partial charge in [0.1, 0.15) is 11.5 Å². The molecular weight excluding hydrogens is 495 g/mol. The Balaban J connectivity index is 1.82. The third-order valence-electron chi connectivity index (χ3n) is 6.69. The maximum atomic E-state index is 6.85. The van der Waals surface area contributed by atoms with E-state index in [9.17, 15) is 0 Å². The van der Waals surface area contributed by atoms with Crippen LogP contribution in [0.2, 0.25) is 10.0 Å². The highest BCUT2D eigenvalue weighted by molar-refractivity contribution is 6.30. The Morgan fingerprint density at radius 1 is 0.514 bits per heavy atom. The van der Waals surface area contributed by atoms with Crippen molar-refractivity contribution >= 4 is 23.2 Å². The van der Waals surface area contributed by atoms with Crippen LogP contribution in [0.5, 0.6) is 11.5 Å². The van der Waals surface area contributed by atoms with Gasteiger partial charge in [0.05, 0.1) is 0 Å². The molecule has 0 fully saturated rings. The highest BCUT2D eigenvalue weighted by Crippen LogP contribution is 2.40. The second-order valence-corrected chi connectivity index (χ2v) is 12.6. The molecule has 0 saturated carbocycles. The van der Waals surface area contributed by atoms with Crippen molar-refractivity contribution in [2.45, 2.75) is 65.2 Å². The van der Waals surface area contributed by atoms with Crippen LogP contribution < -0.4 is 4.74 Å². The lowest BCUT2D eigenvalue weighted by Gasteiger charge is -2.27. The highest BCUT2D eigenvalue weighted by Gasteiger charge is 2.24. The zero-order valence-corrected chi connectivity index (χ0v) is 24.2. The van der Waals surface area contributed by atoms with E-state index in [1.54, 1.807) is 0 Å². The summed E-state index contributed by atoms with van der Waals surface area (Å²) in [5.41, 5.74) is 7.33. The number of hydrogen-bond acceptors (Lipinski definition) is 1. The van der Waals surface area contributed by atoms with Crippen molar-refractivity contribution in [2.24, 2.45) is 0 Å². The standard InChI is InChI=1S/C34H36Cl2O/c1-33(2,3)29-9-7-11-31(27(29)21-23-13-17-25(35)18-14-23)37-32-12-8-10-30(34(4,5)6)28(32)22-24-15-19-26(36)20-16-24/h7-20H,21-22H2,1-6H3. The van der Waals surface area contributed by atoms with Crippen LogP contribution in [0.3, 0.4) is 0 Å². The van der Waals surface area contributed by atoms with Gasteiger partial charge in [-0.2, -0.15) is 0 Å². The van der Waals surface area contributed by atoms with Crippen molar-refractivity contribution in [3.05, 3.63) is 128 Å². The molecule has 0 aliphatic heterocycles. The summed E-state index contributed by atoms with van der Waals surface area (Å²) in [6, 6.07) is 29.0. The fraction of sp³-hybridized carbons (Fsp3) is 0.294. The van der Waals surface area contributed by atoms with Crippen LogP contribution in [-0.2, 0) is 23.7 Å². The van der Waals surface area contributed by atoms with E-state index in [2.05, 4.69) is 102 Å². The van der Waals surface area contributed by atoms with E-state index in [0.717, 1.165) is 34.4 Å². The van der Waals surface area contributed by atoms with Gasteiger partial charge in [-0.05, 0) is 69.5 Å². The van der Waals surface area contributed by atoms with Crippen molar-refractivity contribution in [1.29, 1.82) is 0 Å². The summed E-state index contributed by atoms with van der Waals surface area (Å²) in [4.78, 5) is 0. The lowest BCUT2D eigenvalue weighted by Crippen LogP contribution is -2.16. The second-order valence-electron chi connectivity index (χ2n) is 11.8. The van der Waals surface area contributed by atoms with Gasteiger partial charge in [0.15, 0.2) is 0 Å². The molecule has 4 aromatic carbocycles. The van der Waals surface area contributed by atoms with Gasteiger partial charge in [-0.1, -0.05) is 113 Å². The first-order valence-electron chi connectivity index (χ1n) is 12.8. The van der Waals surface area contributed by atoms with Crippen molar-refractivity contribution in [3.8, 4) is 11.5 Å². The molecule has 0 aliphatic rings. The molecule has 0 atom stereocenters. The Morgan fingerprint density at radius 2 is 0.865 bits per heavy atom. The molecule has 0 unspecified atom stereocenters. The van der Waals surface area contributed by atoms with Crippen LogP contribution >= 0.6 is 23.2 Å². The predicted octanol–water partition coefficient (Wildman–Crippen LogP) is 10.6. The average Bonchev–Trinajstić information content (AvgIpc) is 2.82. The molecule has 192 valence electrons. The minimum Gasteiger partial charge on any atom is -0.457 e. The van der Waals surface area contributed by atoms with Gasteiger partial charge in [-0.15, -0.1) is 0 Å². The molecule has 0 N–H and O–H groups in total. The molecule has 0 aromatic heterocycles. The molecule has 1 nitrogen and oxygen atoms in total. The summed E-state index contributed by atoms with van der Waals surface area (Å²) in [6.45, 7) is 13.5. The predicted molar refractivity (Wildman–Crippen MR) is 159 cm³/mol. The van der Waals surface area contributed by atoms with Crippen molar-refractivity contribution in [1.82, 2.24) is 0 Å². The Kier molecular flexibility index (Phi) is 8.07. The summed E-state index contributed by atoms with van der Waals surface area (Å²) in [5.74, 6) is 1.79. The van der Waals surface area contributed by atoms with Gasteiger partial charge < -0.3 is 4.74 Å². The summed E-state index contributed by atoms with van der Waals surface area (Å²) in [6.07, 6.45) is 1.54. The molecule has 4 rings (SSSR count). The maximum Gasteiger partial charge on any atom is 0.131 e. The maximum absolute atomic E-state index is 6.85. The van der Waals surface area contributed by atoms with E-state index < -0.39 is 0 Å². The Bertz CT molecular complexity index is 1250. The van der Waals surface area contributed by atoms with E-state index in [0.29, 0.717) is 0 Å². The van der Waals surface area contributed by atoms with Crippen molar-refractivity contribution in [3.63, 3.8) is 0 Å². The number of halogens is 2. The van der Waals surface area contributed by atoms with Gasteiger partial charge in [-0.3, -0.25) is 0 Å². The molecule has 0 radical (unpaired) electrons. The van der Waals surface area contributed by atoms with E-state index in [4.69, 9.17) is 27.9 Å². The first kappa shape index (κ1) is 27.3. The minimum absolute atomic E-state index is 0.0273. The van der Waals surface area contributed by atoms with Crippen LogP contribution in [0, 0.1) is 0 Å². The Labute approximate surface area is 232 Å². The van der Waals surface area contributed by atoms with Gasteiger partial charge in [0, 0.05) is 34.0 Å². The van der Waals surface area contributed by atoms with Crippen molar-refractivity contribution in [2.75, 3.05) is 0 Å². The smallest absolute Gasteiger partial charge is 0.131 e. The van der Waals surface area contributed by atoms with E-state index in [1.165, 1.54) is 33.4 Å². The minimum atomic E-state index is -0.0273. The molecular formula is C34H36Cl2O. The molecule has 0 bridgehead atoms. The number of ether oxygens (including phenoxy) is 1. The fourth-order valence-corrected chi connectivity index (χ4v) is 5.08. The molecule has 0 spiro atoms. The van der Waals surface area contributed by atoms with E-state index in [-0.39, 0.29) is 10.8 Å². The van der Waals surface area contributed by atoms with Gasteiger partial charge in [0.2, 0.25) is 0 Å². The molecule has 0 heterocycles. The highest BCUT2D eigenvalue weighted by atomic mass is 35.5. The third kappa shape index (κ3) is 6.78. The zero-order valence-electron chi connectivity index (χ0n) is 22.7. The largest absolute Gasteiger partial charge is 0.457 e. The average molecular weight is 532 g/mol. The molecule has 4 aromatic rings. The molecule has 0 saturated heterocycles. The normalized spacial score (nSPS) is 12.0. The number of rotatable bonds is 6. The van der Waals surface area contributed by atoms with Gasteiger partial charge >= 0.3 is 0 Å². The summed E-state index contributed by atoms with van der Waals surface area (Å²) in [5, 5.41) is 1.49. The van der Waals surface area contributed by atoms with Crippen LogP contribution in [0.15, 0.2) is 84.9 Å². The topological polar surface area (TPSA) is 9.23 Å². The van der Waals surface area contributed by atoms with E-state index in [1.807, 2.05) is 24.3 Å². The number of hydrogen-bond donors (Lipinski definition) is 0. The summed E-state index contributed by atoms with van der Waals surface area (Å²) < 4.78 is 6.85. The summed E-state index contributed by atoms with van der Waals surface area (Å²) >= 11 is 12.3. The van der Waals surface area contributed by atoms with Crippen LogP contribution in [0.1, 0.15) is 74.9 Å². The summed E-state index contributed by atoms with van der Waals surface area (Å²) in [7, 11) is 0. The number of benzene rings is 4. The lowest BCUT2D eigenvalue weighted by atomic mass is 9.81.